The third-order valence-electron chi connectivity index (χ3n) is 11.5. The summed E-state index contributed by atoms with van der Waals surface area (Å²) < 4.78 is 0. The highest BCUT2D eigenvalue weighted by molar-refractivity contribution is 6.04. The molecule has 2 unspecified atom stereocenters. The Labute approximate surface area is 317 Å². The van der Waals surface area contributed by atoms with Gasteiger partial charge in [-0.15, -0.1) is 0 Å². The fourth-order valence-corrected chi connectivity index (χ4v) is 8.38. The minimum absolute atomic E-state index is 0.0183. The number of carbonyl (C=O) groups excluding carboxylic acids is 1. The molecule has 2 aliphatic rings. The van der Waals surface area contributed by atoms with Gasteiger partial charge in [0.05, 0.1) is 65.6 Å². The van der Waals surface area contributed by atoms with E-state index in [1.54, 1.807) is 14.2 Å². The normalized spacial score (nSPS) is 19.0. The van der Waals surface area contributed by atoms with E-state index in [4.69, 9.17) is 30.4 Å². The maximum absolute atomic E-state index is 13.7. The lowest BCUT2D eigenvalue weighted by atomic mass is 9.89. The molecule has 54 heavy (non-hydrogen) atoms. The molecule has 13 heteroatoms. The molecular formula is C41H56N10O3. The van der Waals surface area contributed by atoms with E-state index in [1.165, 1.54) is 0 Å². The number of hydroxylamine groups is 2. The van der Waals surface area contributed by atoms with Crippen LogP contribution in [0.15, 0.2) is 48.7 Å². The SMILES string of the molecule is CON[C@H](C(=O)N1CCC[C@H]1C1Nc2c(cnc3cc(-c4ccc5c(ccc6nc(C(CCCN)C[C@@H](NOC)C(C)C)[nH]c65)n4)ccc23)N1C)C(C)C. The van der Waals surface area contributed by atoms with Crippen molar-refractivity contribution in [1.29, 1.82) is 0 Å². The van der Waals surface area contributed by atoms with E-state index in [0.717, 1.165) is 99.9 Å². The number of likely N-dealkylation sites (tertiary alicyclic amines) is 1. The number of aromatic amines is 1. The lowest BCUT2D eigenvalue weighted by Crippen LogP contribution is -2.56. The first-order chi connectivity index (χ1) is 26.1. The third-order valence-corrected chi connectivity index (χ3v) is 11.5. The maximum Gasteiger partial charge on any atom is 0.242 e. The van der Waals surface area contributed by atoms with Crippen LogP contribution in [0.2, 0.25) is 0 Å². The van der Waals surface area contributed by atoms with E-state index in [0.29, 0.717) is 12.5 Å². The van der Waals surface area contributed by atoms with Gasteiger partial charge >= 0.3 is 0 Å². The van der Waals surface area contributed by atoms with Crippen LogP contribution in [-0.2, 0) is 14.5 Å². The van der Waals surface area contributed by atoms with Gasteiger partial charge in [-0.25, -0.2) is 9.97 Å². The van der Waals surface area contributed by atoms with Crippen molar-refractivity contribution in [3.63, 3.8) is 0 Å². The van der Waals surface area contributed by atoms with E-state index in [-0.39, 0.29) is 36.0 Å². The molecule has 5 atom stereocenters. The van der Waals surface area contributed by atoms with Crippen molar-refractivity contribution in [2.24, 2.45) is 17.6 Å². The number of carbonyl (C=O) groups is 1. The highest BCUT2D eigenvalue weighted by Gasteiger charge is 2.43. The summed E-state index contributed by atoms with van der Waals surface area (Å²) in [6, 6.07) is 14.5. The van der Waals surface area contributed by atoms with E-state index in [1.807, 2.05) is 24.9 Å². The third kappa shape index (κ3) is 7.23. The molecule has 0 saturated carbocycles. The largest absolute Gasteiger partial charge is 0.361 e. The van der Waals surface area contributed by atoms with Crippen LogP contribution < -0.4 is 26.9 Å². The van der Waals surface area contributed by atoms with Crippen LogP contribution in [0, 0.1) is 11.8 Å². The number of likely N-dealkylation sites (N-methyl/N-ethyl adjacent to an activating group) is 1. The summed E-state index contributed by atoms with van der Waals surface area (Å²) in [6.07, 6.45) is 6.52. The fourth-order valence-electron chi connectivity index (χ4n) is 8.38. The zero-order chi connectivity index (χ0) is 38.1. The Morgan fingerprint density at radius 1 is 0.981 bits per heavy atom. The maximum atomic E-state index is 13.7. The van der Waals surface area contributed by atoms with Gasteiger partial charge in [0.1, 0.15) is 18.0 Å². The first-order valence-corrected chi connectivity index (χ1v) is 19.4. The molecule has 1 fully saturated rings. The second-order valence-electron chi connectivity index (χ2n) is 15.6. The molecule has 1 amide bonds. The van der Waals surface area contributed by atoms with Gasteiger partial charge in [0.25, 0.3) is 0 Å². The van der Waals surface area contributed by atoms with Gasteiger partial charge in [-0.2, -0.15) is 11.0 Å². The molecule has 3 aromatic heterocycles. The number of amides is 1. The van der Waals surface area contributed by atoms with Crippen molar-refractivity contribution in [2.45, 2.75) is 90.0 Å². The van der Waals surface area contributed by atoms with Crippen LogP contribution in [0.4, 0.5) is 11.4 Å². The number of aromatic nitrogens is 4. The summed E-state index contributed by atoms with van der Waals surface area (Å²) in [6.45, 7) is 9.86. The van der Waals surface area contributed by atoms with Gasteiger partial charge < -0.3 is 35.5 Å². The predicted molar refractivity (Wildman–Crippen MR) is 216 cm³/mol. The minimum atomic E-state index is -0.400. The Morgan fingerprint density at radius 3 is 2.50 bits per heavy atom. The summed E-state index contributed by atoms with van der Waals surface area (Å²) in [7, 11) is 5.32. The zero-order valence-electron chi connectivity index (χ0n) is 32.6. The molecule has 0 radical (unpaired) electrons. The second kappa shape index (κ2) is 16.1. The molecule has 5 heterocycles. The Balaban J connectivity index is 1.14. The quantitative estimate of drug-likeness (QED) is 0.0795. The summed E-state index contributed by atoms with van der Waals surface area (Å²) in [4.78, 5) is 47.3. The second-order valence-corrected chi connectivity index (χ2v) is 15.6. The van der Waals surface area contributed by atoms with E-state index >= 15 is 0 Å². The summed E-state index contributed by atoms with van der Waals surface area (Å²) in [5, 5.41) is 5.88. The highest BCUT2D eigenvalue weighted by atomic mass is 16.6. The van der Waals surface area contributed by atoms with Crippen LogP contribution in [0.25, 0.3) is 44.1 Å². The average Bonchev–Trinajstić information content (AvgIpc) is 3.91. The number of benzene rings is 2. The first kappa shape index (κ1) is 37.9. The van der Waals surface area contributed by atoms with Crippen molar-refractivity contribution in [3.8, 4) is 11.3 Å². The Kier molecular flexibility index (Phi) is 11.3. The van der Waals surface area contributed by atoms with Gasteiger partial charge in [-0.1, -0.05) is 33.8 Å². The summed E-state index contributed by atoms with van der Waals surface area (Å²) in [5.74, 6) is 1.76. The molecule has 2 aromatic carbocycles. The molecule has 5 aromatic rings. The molecule has 0 aliphatic carbocycles. The molecule has 7 rings (SSSR count). The number of nitrogens with two attached hydrogens (primary N) is 1. The number of hydrogen-bond acceptors (Lipinski definition) is 11. The molecule has 6 N–H and O–H groups in total. The number of anilines is 2. The molecule has 0 bridgehead atoms. The Hall–Kier alpha value is -4.40. The van der Waals surface area contributed by atoms with Gasteiger partial charge in [-0.05, 0) is 86.9 Å². The number of rotatable bonds is 15. The van der Waals surface area contributed by atoms with Crippen LogP contribution in [0.3, 0.4) is 0 Å². The topological polar surface area (TPSA) is 159 Å². The van der Waals surface area contributed by atoms with Crippen molar-refractivity contribution in [1.82, 2.24) is 35.8 Å². The van der Waals surface area contributed by atoms with Gasteiger partial charge in [-0.3, -0.25) is 9.78 Å². The number of imidazole rings is 1. The van der Waals surface area contributed by atoms with Crippen LogP contribution in [0.5, 0.6) is 0 Å². The molecule has 13 nitrogen and oxygen atoms in total. The first-order valence-electron chi connectivity index (χ1n) is 19.4. The smallest absolute Gasteiger partial charge is 0.242 e. The van der Waals surface area contributed by atoms with Gasteiger partial charge in [0, 0.05) is 41.9 Å². The molecule has 288 valence electrons. The molecule has 2 aliphatic heterocycles. The van der Waals surface area contributed by atoms with Crippen LogP contribution in [-0.4, -0.2) is 89.4 Å². The highest BCUT2D eigenvalue weighted by Crippen LogP contribution is 2.42. The minimum Gasteiger partial charge on any atom is -0.361 e. The average molecular weight is 737 g/mol. The fraction of sp³-hybridized carbons (Fsp3) is 0.512. The summed E-state index contributed by atoms with van der Waals surface area (Å²) >= 11 is 0. The van der Waals surface area contributed by atoms with E-state index < -0.39 is 6.04 Å². The van der Waals surface area contributed by atoms with Gasteiger partial charge in [0.15, 0.2) is 0 Å². The number of hydrogen-bond donors (Lipinski definition) is 5. The number of pyridine rings is 2. The van der Waals surface area contributed by atoms with Crippen LogP contribution >= 0.6 is 0 Å². The number of nitrogens with one attached hydrogen (secondary N) is 4. The number of nitrogens with zero attached hydrogens (tertiary/aromatic N) is 5. The molecule has 0 spiro atoms. The standard InChI is InChI=1S/C41H56N10O3/c1-23(2)32(48-53-6)21-26(10-8-18-42)39-45-31-17-16-30-27(37(31)46-39)14-15-29(44-30)25-12-13-28-33(20-25)43-22-35-38(28)47-40(50(35)5)34-11-9-19-51(34)41(52)36(24(3)4)49-54-7/h12-17,20,22-24,26,32,34,36,40,47-49H,8-11,18-19,21,42H2,1-7H3,(H,45,46)/t26?,32-,34+,36+,40?/m1/s1. The zero-order valence-corrected chi connectivity index (χ0v) is 32.6. The lowest BCUT2D eigenvalue weighted by Gasteiger charge is -2.36. The van der Waals surface area contributed by atoms with Crippen LogP contribution in [0.1, 0.15) is 71.5 Å². The van der Waals surface area contributed by atoms with Crippen molar-refractivity contribution >= 4 is 50.1 Å². The van der Waals surface area contributed by atoms with Crippen molar-refractivity contribution in [3.05, 3.63) is 54.5 Å². The predicted octanol–water partition coefficient (Wildman–Crippen LogP) is 6.07. The molecule has 1 saturated heterocycles. The Morgan fingerprint density at radius 2 is 1.76 bits per heavy atom. The monoisotopic (exact) mass is 736 g/mol. The van der Waals surface area contributed by atoms with Gasteiger partial charge in [0.2, 0.25) is 5.91 Å². The molecular weight excluding hydrogens is 681 g/mol. The van der Waals surface area contributed by atoms with E-state index in [9.17, 15) is 4.79 Å². The number of fused-ring (bicyclic) bond motifs is 6. The summed E-state index contributed by atoms with van der Waals surface area (Å²) in [5.41, 5.74) is 19.7. The number of H-pyrrole nitrogens is 1. The lowest BCUT2D eigenvalue weighted by molar-refractivity contribution is -0.139. The van der Waals surface area contributed by atoms with Crippen molar-refractivity contribution in [2.75, 3.05) is 44.6 Å². The van der Waals surface area contributed by atoms with E-state index in [2.05, 4.69) is 89.5 Å². The van der Waals surface area contributed by atoms with Crippen molar-refractivity contribution < 1.29 is 14.5 Å². The Bertz CT molecular complexity index is 2100.